The van der Waals surface area contributed by atoms with Crippen molar-refractivity contribution in [3.05, 3.63) is 0 Å². The highest BCUT2D eigenvalue weighted by Crippen LogP contribution is 2.16. The first-order chi connectivity index (χ1) is 9.60. The summed E-state index contributed by atoms with van der Waals surface area (Å²) in [6.45, 7) is 12.1. The van der Waals surface area contributed by atoms with Crippen LogP contribution in [-0.2, 0) is 9.47 Å². The molecule has 0 rings (SSSR count). The van der Waals surface area contributed by atoms with Gasteiger partial charge < -0.3 is 9.47 Å². The van der Waals surface area contributed by atoms with E-state index in [1.54, 1.807) is 0 Å². The van der Waals surface area contributed by atoms with Crippen molar-refractivity contribution in [2.45, 2.75) is 58.9 Å². The third-order valence-corrected chi connectivity index (χ3v) is 3.25. The van der Waals surface area contributed by atoms with Crippen molar-refractivity contribution < 1.29 is 9.47 Å². The predicted molar refractivity (Wildman–Crippen MR) is 82.6 cm³/mol. The van der Waals surface area contributed by atoms with E-state index in [9.17, 15) is 5.26 Å². The zero-order valence-corrected chi connectivity index (χ0v) is 13.7. The molecule has 1 atom stereocenters. The Hall–Kier alpha value is -0.630. The zero-order chi connectivity index (χ0) is 15.3. The molecule has 0 aliphatic heterocycles. The molecule has 4 nitrogen and oxygen atoms in total. The lowest BCUT2D eigenvalue weighted by atomic mass is 9.92. The van der Waals surface area contributed by atoms with Gasteiger partial charge in [-0.25, -0.2) is 0 Å². The Labute approximate surface area is 124 Å². The van der Waals surface area contributed by atoms with Crippen molar-refractivity contribution in [2.24, 2.45) is 5.92 Å². The highest BCUT2D eigenvalue weighted by molar-refractivity contribution is 5.06. The van der Waals surface area contributed by atoms with Gasteiger partial charge in [-0.3, -0.25) is 5.32 Å². The third-order valence-electron chi connectivity index (χ3n) is 3.25. The molecule has 0 saturated carbocycles. The van der Waals surface area contributed by atoms with Crippen molar-refractivity contribution in [3.63, 3.8) is 0 Å². The molecule has 0 spiro atoms. The Balaban J connectivity index is 3.67. The monoisotopic (exact) mass is 284 g/mol. The van der Waals surface area contributed by atoms with Gasteiger partial charge >= 0.3 is 0 Å². The van der Waals surface area contributed by atoms with Gasteiger partial charge in [0.15, 0.2) is 0 Å². The molecule has 1 N–H and O–H groups in total. The zero-order valence-electron chi connectivity index (χ0n) is 13.7. The molecule has 0 fully saturated rings. The molecular formula is C16H32N2O2. The molecular weight excluding hydrogens is 252 g/mol. The van der Waals surface area contributed by atoms with E-state index in [-0.39, 0.29) is 5.54 Å². The van der Waals surface area contributed by atoms with E-state index < -0.39 is 0 Å². The van der Waals surface area contributed by atoms with E-state index in [1.807, 2.05) is 0 Å². The van der Waals surface area contributed by atoms with Gasteiger partial charge in [-0.2, -0.15) is 5.26 Å². The Kier molecular flexibility index (Phi) is 11.8. The molecule has 0 saturated heterocycles. The molecule has 0 amide bonds. The maximum Gasteiger partial charge on any atom is 0.106 e. The molecule has 1 unspecified atom stereocenters. The van der Waals surface area contributed by atoms with Crippen LogP contribution in [0, 0.1) is 17.2 Å². The number of ether oxygens (including phenoxy) is 2. The van der Waals surface area contributed by atoms with Crippen LogP contribution in [0.25, 0.3) is 0 Å². The van der Waals surface area contributed by atoms with Crippen LogP contribution < -0.4 is 5.32 Å². The van der Waals surface area contributed by atoms with Gasteiger partial charge in [-0.05, 0) is 38.1 Å². The second-order valence-electron chi connectivity index (χ2n) is 5.66. The molecule has 20 heavy (non-hydrogen) atoms. The largest absolute Gasteiger partial charge is 0.379 e. The van der Waals surface area contributed by atoms with Gasteiger partial charge in [0, 0.05) is 13.2 Å². The molecule has 0 aliphatic rings. The summed E-state index contributed by atoms with van der Waals surface area (Å²) in [5.41, 5.74) is -0.381. The van der Waals surface area contributed by atoms with Crippen LogP contribution in [0.3, 0.4) is 0 Å². The summed E-state index contributed by atoms with van der Waals surface area (Å²) in [4.78, 5) is 0. The maximum absolute atomic E-state index is 9.35. The quantitative estimate of drug-likeness (QED) is 0.528. The summed E-state index contributed by atoms with van der Waals surface area (Å²) < 4.78 is 11.0. The maximum atomic E-state index is 9.35. The first-order valence-electron chi connectivity index (χ1n) is 7.92. The summed E-state index contributed by atoms with van der Waals surface area (Å²) >= 11 is 0. The fourth-order valence-electron chi connectivity index (χ4n) is 1.94. The summed E-state index contributed by atoms with van der Waals surface area (Å²) in [7, 11) is 0. The Morgan fingerprint density at radius 1 is 1.15 bits per heavy atom. The normalized spacial score (nSPS) is 14.2. The average Bonchev–Trinajstić information content (AvgIpc) is 2.45. The lowest BCUT2D eigenvalue weighted by Crippen LogP contribution is -2.44. The summed E-state index contributed by atoms with van der Waals surface area (Å²) in [6.07, 6.45) is 3.63. The SMILES string of the molecule is CCCNC(C#N)(CC)CCCOCCOCC(C)C. The highest BCUT2D eigenvalue weighted by Gasteiger charge is 2.25. The van der Waals surface area contributed by atoms with E-state index in [2.05, 4.69) is 39.1 Å². The fourth-order valence-corrected chi connectivity index (χ4v) is 1.94. The smallest absolute Gasteiger partial charge is 0.106 e. The lowest BCUT2D eigenvalue weighted by molar-refractivity contribution is 0.0355. The summed E-state index contributed by atoms with van der Waals surface area (Å²) in [5.74, 6) is 0.570. The molecule has 0 aromatic heterocycles. The Morgan fingerprint density at radius 3 is 2.40 bits per heavy atom. The number of rotatable bonds is 13. The van der Waals surface area contributed by atoms with E-state index in [1.165, 1.54) is 0 Å². The summed E-state index contributed by atoms with van der Waals surface area (Å²) in [6, 6.07) is 2.43. The van der Waals surface area contributed by atoms with Crippen LogP contribution in [0.15, 0.2) is 0 Å². The minimum atomic E-state index is -0.381. The molecule has 0 aliphatic carbocycles. The molecule has 4 heteroatoms. The Morgan fingerprint density at radius 2 is 1.85 bits per heavy atom. The van der Waals surface area contributed by atoms with Crippen LogP contribution in [0.4, 0.5) is 0 Å². The van der Waals surface area contributed by atoms with Gasteiger partial charge in [0.1, 0.15) is 5.54 Å². The lowest BCUT2D eigenvalue weighted by Gasteiger charge is -2.26. The van der Waals surface area contributed by atoms with Gasteiger partial charge in [0.25, 0.3) is 0 Å². The van der Waals surface area contributed by atoms with E-state index >= 15 is 0 Å². The van der Waals surface area contributed by atoms with Crippen LogP contribution in [-0.4, -0.2) is 38.5 Å². The first kappa shape index (κ1) is 19.4. The minimum absolute atomic E-state index is 0.381. The van der Waals surface area contributed by atoms with Crippen LogP contribution in [0.5, 0.6) is 0 Å². The van der Waals surface area contributed by atoms with Gasteiger partial charge in [-0.15, -0.1) is 0 Å². The number of hydrogen-bond donors (Lipinski definition) is 1. The number of nitrogens with one attached hydrogen (secondary N) is 1. The molecule has 0 aromatic carbocycles. The van der Waals surface area contributed by atoms with E-state index in [0.717, 1.165) is 38.8 Å². The van der Waals surface area contributed by atoms with E-state index in [4.69, 9.17) is 9.47 Å². The van der Waals surface area contributed by atoms with Crippen LogP contribution in [0.1, 0.15) is 53.4 Å². The van der Waals surface area contributed by atoms with Gasteiger partial charge in [0.05, 0.1) is 19.3 Å². The van der Waals surface area contributed by atoms with Crippen molar-refractivity contribution in [1.82, 2.24) is 5.32 Å². The van der Waals surface area contributed by atoms with Crippen LogP contribution >= 0.6 is 0 Å². The van der Waals surface area contributed by atoms with E-state index in [0.29, 0.717) is 25.7 Å². The van der Waals surface area contributed by atoms with Gasteiger partial charge in [0.2, 0.25) is 0 Å². The Bertz CT molecular complexity index is 264. The second-order valence-corrected chi connectivity index (χ2v) is 5.66. The van der Waals surface area contributed by atoms with Crippen molar-refractivity contribution in [2.75, 3.05) is 33.0 Å². The topological polar surface area (TPSA) is 54.3 Å². The van der Waals surface area contributed by atoms with Gasteiger partial charge in [-0.1, -0.05) is 27.7 Å². The van der Waals surface area contributed by atoms with Crippen molar-refractivity contribution >= 4 is 0 Å². The molecule has 0 aromatic rings. The first-order valence-corrected chi connectivity index (χ1v) is 7.92. The number of nitriles is 1. The number of hydrogen-bond acceptors (Lipinski definition) is 4. The third kappa shape index (κ3) is 9.30. The highest BCUT2D eigenvalue weighted by atomic mass is 16.5. The second kappa shape index (κ2) is 12.1. The molecule has 0 heterocycles. The molecule has 0 bridgehead atoms. The summed E-state index contributed by atoms with van der Waals surface area (Å²) in [5, 5.41) is 12.7. The average molecular weight is 284 g/mol. The van der Waals surface area contributed by atoms with Crippen molar-refractivity contribution in [3.8, 4) is 6.07 Å². The molecule has 118 valence electrons. The standard InChI is InChI=1S/C16H32N2O2/c1-5-9-18-16(6-2,14-17)8-7-10-19-11-12-20-13-15(3)4/h15,18H,5-13H2,1-4H3. The molecule has 0 radical (unpaired) electrons. The minimum Gasteiger partial charge on any atom is -0.379 e. The predicted octanol–water partition coefficient (Wildman–Crippen LogP) is 3.13. The fraction of sp³-hybridized carbons (Fsp3) is 0.938. The van der Waals surface area contributed by atoms with Crippen molar-refractivity contribution in [1.29, 1.82) is 5.26 Å². The number of nitrogens with zero attached hydrogens (tertiary/aromatic N) is 1. The van der Waals surface area contributed by atoms with Crippen LogP contribution in [0.2, 0.25) is 0 Å².